The smallest absolute Gasteiger partial charge is 0.191 e. The molecule has 8 nitrogen and oxygen atoms in total. The number of halogens is 1. The van der Waals surface area contributed by atoms with Gasteiger partial charge in [0.15, 0.2) is 5.96 Å². The first kappa shape index (κ1) is 24.5. The van der Waals surface area contributed by atoms with Crippen molar-refractivity contribution in [2.45, 2.75) is 39.9 Å². The molecule has 1 aromatic heterocycles. The number of aryl methyl sites for hydroxylation is 1. The molecule has 0 saturated carbocycles. The first-order chi connectivity index (χ1) is 14.3. The van der Waals surface area contributed by atoms with Gasteiger partial charge < -0.3 is 19.9 Å². The largest absolute Gasteiger partial charge is 0.379 e. The number of ether oxygens (including phenoxy) is 1. The second-order valence-electron chi connectivity index (χ2n) is 7.12. The average Bonchev–Trinajstić information content (AvgIpc) is 3.20. The summed E-state index contributed by atoms with van der Waals surface area (Å²) in [5.74, 6) is 1.84. The van der Waals surface area contributed by atoms with Crippen LogP contribution in [0.1, 0.15) is 30.8 Å². The first-order valence-electron chi connectivity index (χ1n) is 10.5. The highest BCUT2D eigenvalue weighted by Crippen LogP contribution is 2.11. The highest BCUT2D eigenvalue weighted by molar-refractivity contribution is 14.0. The fraction of sp³-hybridized carbons (Fsp3) is 0.571. The molecule has 166 valence electrons. The fourth-order valence-corrected chi connectivity index (χ4v) is 3.39. The van der Waals surface area contributed by atoms with Gasteiger partial charge in [-0.2, -0.15) is 0 Å². The minimum absolute atomic E-state index is 0. The van der Waals surface area contributed by atoms with Gasteiger partial charge in [-0.15, -0.1) is 34.2 Å². The lowest BCUT2D eigenvalue weighted by atomic mass is 10.1. The Morgan fingerprint density at radius 3 is 2.73 bits per heavy atom. The van der Waals surface area contributed by atoms with Crippen molar-refractivity contribution in [3.8, 4) is 0 Å². The van der Waals surface area contributed by atoms with Gasteiger partial charge in [-0.25, -0.2) is 4.99 Å². The van der Waals surface area contributed by atoms with Crippen LogP contribution in [0.5, 0.6) is 0 Å². The molecule has 2 N–H and O–H groups in total. The van der Waals surface area contributed by atoms with Crippen molar-refractivity contribution in [3.63, 3.8) is 0 Å². The van der Waals surface area contributed by atoms with Crippen LogP contribution in [-0.4, -0.2) is 65.0 Å². The zero-order valence-electron chi connectivity index (χ0n) is 18.0. The van der Waals surface area contributed by atoms with Crippen LogP contribution in [-0.2, 0) is 30.8 Å². The zero-order chi connectivity index (χ0) is 20.3. The first-order valence-corrected chi connectivity index (χ1v) is 10.5. The summed E-state index contributed by atoms with van der Waals surface area (Å²) in [5.41, 5.74) is 2.55. The number of hydrogen-bond donors (Lipinski definition) is 2. The lowest BCUT2D eigenvalue weighted by Crippen LogP contribution is -2.39. The summed E-state index contributed by atoms with van der Waals surface area (Å²) in [6.45, 7) is 11.9. The van der Waals surface area contributed by atoms with E-state index in [0.29, 0.717) is 6.54 Å². The van der Waals surface area contributed by atoms with Gasteiger partial charge in [0.2, 0.25) is 0 Å². The maximum Gasteiger partial charge on any atom is 0.191 e. The van der Waals surface area contributed by atoms with Crippen molar-refractivity contribution in [1.29, 1.82) is 0 Å². The molecule has 1 saturated heterocycles. The molecular formula is C21H34IN7O. The number of benzene rings is 1. The van der Waals surface area contributed by atoms with Gasteiger partial charge in [0.1, 0.15) is 12.2 Å². The predicted molar refractivity (Wildman–Crippen MR) is 130 cm³/mol. The fourth-order valence-electron chi connectivity index (χ4n) is 3.39. The van der Waals surface area contributed by atoms with Gasteiger partial charge in [-0.3, -0.25) is 4.90 Å². The normalized spacial score (nSPS) is 14.9. The number of aromatic nitrogens is 3. The number of morpholine rings is 1. The Hall–Kier alpha value is -1.72. The van der Waals surface area contributed by atoms with E-state index in [1.54, 1.807) is 6.33 Å². The van der Waals surface area contributed by atoms with Gasteiger partial charge in [0.05, 0.1) is 19.8 Å². The standard InChI is InChI=1S/C21H33N7O.HI/c1-3-20-26-25-17-28(20)9-8-23-21(22-4-2)24-15-18-6-5-7-19(14-18)16-27-10-12-29-13-11-27;/h5-7,14,17H,3-4,8-13,15-16H2,1-2H3,(H2,22,23,24);1H. The lowest BCUT2D eigenvalue weighted by Gasteiger charge is -2.26. The quantitative estimate of drug-likeness (QED) is 0.295. The van der Waals surface area contributed by atoms with E-state index in [2.05, 4.69) is 68.4 Å². The summed E-state index contributed by atoms with van der Waals surface area (Å²) in [6, 6.07) is 8.71. The molecule has 3 rings (SSSR count). The van der Waals surface area contributed by atoms with Gasteiger partial charge in [-0.1, -0.05) is 31.2 Å². The summed E-state index contributed by atoms with van der Waals surface area (Å²) < 4.78 is 7.51. The maximum atomic E-state index is 5.44. The van der Waals surface area contributed by atoms with Crippen LogP contribution < -0.4 is 10.6 Å². The molecule has 9 heteroatoms. The zero-order valence-corrected chi connectivity index (χ0v) is 20.3. The third-order valence-corrected chi connectivity index (χ3v) is 4.92. The highest BCUT2D eigenvalue weighted by Gasteiger charge is 2.10. The van der Waals surface area contributed by atoms with Crippen LogP contribution in [0.3, 0.4) is 0 Å². The number of nitrogens with one attached hydrogen (secondary N) is 2. The molecule has 0 bridgehead atoms. The molecule has 0 spiro atoms. The number of aliphatic imine (C=N–C) groups is 1. The molecule has 0 amide bonds. The van der Waals surface area contributed by atoms with Gasteiger partial charge in [0.25, 0.3) is 0 Å². The summed E-state index contributed by atoms with van der Waals surface area (Å²) in [4.78, 5) is 7.19. The van der Waals surface area contributed by atoms with E-state index in [4.69, 9.17) is 9.73 Å². The molecule has 1 aliphatic rings. The Labute approximate surface area is 196 Å². The van der Waals surface area contributed by atoms with Crippen molar-refractivity contribution >= 4 is 29.9 Å². The Morgan fingerprint density at radius 2 is 1.97 bits per heavy atom. The second-order valence-corrected chi connectivity index (χ2v) is 7.12. The highest BCUT2D eigenvalue weighted by atomic mass is 127. The van der Waals surface area contributed by atoms with E-state index >= 15 is 0 Å². The Bertz CT molecular complexity index is 774. The SMILES string of the molecule is CCNC(=NCc1cccc(CN2CCOCC2)c1)NCCn1cnnc1CC.I. The molecule has 0 atom stereocenters. The molecule has 0 aliphatic carbocycles. The third kappa shape index (κ3) is 7.84. The van der Waals surface area contributed by atoms with E-state index in [1.165, 1.54) is 11.1 Å². The molecule has 0 unspecified atom stereocenters. The average molecular weight is 527 g/mol. The minimum Gasteiger partial charge on any atom is -0.379 e. The van der Waals surface area contributed by atoms with E-state index in [0.717, 1.165) is 70.7 Å². The molecule has 2 aromatic rings. The maximum absolute atomic E-state index is 5.44. The van der Waals surface area contributed by atoms with Crippen LogP contribution in [0.2, 0.25) is 0 Å². The van der Waals surface area contributed by atoms with Crippen molar-refractivity contribution in [3.05, 3.63) is 47.5 Å². The predicted octanol–water partition coefficient (Wildman–Crippen LogP) is 2.05. The summed E-state index contributed by atoms with van der Waals surface area (Å²) in [5, 5.41) is 14.8. The van der Waals surface area contributed by atoms with Crippen LogP contribution in [0, 0.1) is 0 Å². The minimum atomic E-state index is 0. The van der Waals surface area contributed by atoms with Gasteiger partial charge >= 0.3 is 0 Å². The molecular weight excluding hydrogens is 493 g/mol. The Balaban J connectivity index is 0.00000320. The van der Waals surface area contributed by atoms with Crippen LogP contribution in [0.4, 0.5) is 0 Å². The van der Waals surface area contributed by atoms with Gasteiger partial charge in [0, 0.05) is 45.7 Å². The number of guanidine groups is 1. The molecule has 1 fully saturated rings. The monoisotopic (exact) mass is 527 g/mol. The number of hydrogen-bond acceptors (Lipinski definition) is 5. The van der Waals surface area contributed by atoms with Crippen molar-refractivity contribution in [2.75, 3.05) is 39.4 Å². The summed E-state index contributed by atoms with van der Waals surface area (Å²) >= 11 is 0. The van der Waals surface area contributed by atoms with E-state index < -0.39 is 0 Å². The summed E-state index contributed by atoms with van der Waals surface area (Å²) in [6.07, 6.45) is 2.67. The van der Waals surface area contributed by atoms with Crippen molar-refractivity contribution in [1.82, 2.24) is 30.3 Å². The molecule has 0 radical (unpaired) electrons. The number of nitrogens with zero attached hydrogens (tertiary/aromatic N) is 5. The van der Waals surface area contributed by atoms with E-state index in [9.17, 15) is 0 Å². The molecule has 30 heavy (non-hydrogen) atoms. The second kappa shape index (κ2) is 13.6. The topological polar surface area (TPSA) is 79.6 Å². The van der Waals surface area contributed by atoms with Crippen molar-refractivity contribution < 1.29 is 4.74 Å². The summed E-state index contributed by atoms with van der Waals surface area (Å²) in [7, 11) is 0. The molecule has 1 aromatic carbocycles. The number of rotatable bonds is 9. The van der Waals surface area contributed by atoms with Crippen LogP contribution >= 0.6 is 24.0 Å². The lowest BCUT2D eigenvalue weighted by molar-refractivity contribution is 0.0342. The van der Waals surface area contributed by atoms with Crippen LogP contribution in [0.25, 0.3) is 0 Å². The van der Waals surface area contributed by atoms with E-state index in [-0.39, 0.29) is 24.0 Å². The van der Waals surface area contributed by atoms with Gasteiger partial charge in [-0.05, 0) is 18.1 Å². The van der Waals surface area contributed by atoms with E-state index in [1.807, 2.05) is 0 Å². The van der Waals surface area contributed by atoms with Crippen molar-refractivity contribution in [2.24, 2.45) is 4.99 Å². The van der Waals surface area contributed by atoms with Crippen LogP contribution in [0.15, 0.2) is 35.6 Å². The Kier molecular flexibility index (Phi) is 11.1. The molecule has 1 aliphatic heterocycles. The molecule has 2 heterocycles. The third-order valence-electron chi connectivity index (χ3n) is 4.92. The Morgan fingerprint density at radius 1 is 1.17 bits per heavy atom.